The van der Waals surface area contributed by atoms with Crippen molar-refractivity contribution in [2.45, 2.75) is 11.8 Å². The quantitative estimate of drug-likeness (QED) is 0.458. The molecule has 168 valence electrons. The average molecular weight is 494 g/mol. The first kappa shape index (κ1) is 23.6. The molecule has 0 unspecified atom stereocenters. The van der Waals surface area contributed by atoms with E-state index in [9.17, 15) is 21.6 Å². The fourth-order valence-electron chi connectivity index (χ4n) is 2.74. The number of hydrogen-bond acceptors (Lipinski definition) is 5. The molecule has 3 aromatic carbocycles. The Balaban J connectivity index is 1.75. The van der Waals surface area contributed by atoms with Crippen LogP contribution in [0.25, 0.3) is 0 Å². The summed E-state index contributed by atoms with van der Waals surface area (Å²) in [7, 11) is -7.37. The molecule has 3 aromatic rings. The lowest BCUT2D eigenvalue weighted by Gasteiger charge is -2.12. The maximum Gasteiger partial charge on any atom is 0.261 e. The van der Waals surface area contributed by atoms with E-state index in [0.29, 0.717) is 16.9 Å². The van der Waals surface area contributed by atoms with E-state index in [1.165, 1.54) is 30.3 Å². The molecule has 0 aliphatic carbocycles. The summed E-state index contributed by atoms with van der Waals surface area (Å²) < 4.78 is 52.9. The van der Waals surface area contributed by atoms with Crippen LogP contribution >= 0.6 is 11.6 Å². The van der Waals surface area contributed by atoms with Gasteiger partial charge in [-0.15, -0.1) is 0 Å². The van der Waals surface area contributed by atoms with Crippen LogP contribution in [0.1, 0.15) is 15.9 Å². The number of halogens is 1. The van der Waals surface area contributed by atoms with Gasteiger partial charge in [-0.2, -0.15) is 0 Å². The summed E-state index contributed by atoms with van der Waals surface area (Å²) in [6.07, 6.45) is 1.02. The van der Waals surface area contributed by atoms with Crippen LogP contribution in [0.15, 0.2) is 71.6 Å². The molecule has 0 bridgehead atoms. The van der Waals surface area contributed by atoms with E-state index < -0.39 is 26.0 Å². The molecule has 0 radical (unpaired) electrons. The summed E-state index contributed by atoms with van der Waals surface area (Å²) in [6.45, 7) is 1.71. The molecule has 11 heteroatoms. The SMILES string of the molecule is Cc1ccc(C(=O)Nc2ccc(S(=O)(=O)Nc3ccccc3Cl)cc2)cc1NS(C)(=O)=O. The molecule has 0 aromatic heterocycles. The lowest BCUT2D eigenvalue weighted by molar-refractivity contribution is 0.102. The van der Waals surface area contributed by atoms with Crippen LogP contribution in [0.4, 0.5) is 17.1 Å². The molecule has 0 saturated heterocycles. The largest absolute Gasteiger partial charge is 0.322 e. The maximum atomic E-state index is 12.6. The smallest absolute Gasteiger partial charge is 0.261 e. The van der Waals surface area contributed by atoms with Crippen LogP contribution in [0.3, 0.4) is 0 Å². The predicted molar refractivity (Wildman–Crippen MR) is 126 cm³/mol. The lowest BCUT2D eigenvalue weighted by Crippen LogP contribution is -2.15. The van der Waals surface area contributed by atoms with Gasteiger partial charge in [0.15, 0.2) is 0 Å². The molecule has 0 aliphatic heterocycles. The zero-order valence-corrected chi connectivity index (χ0v) is 19.5. The van der Waals surface area contributed by atoms with E-state index >= 15 is 0 Å². The summed E-state index contributed by atoms with van der Waals surface area (Å²) in [4.78, 5) is 12.6. The second-order valence-corrected chi connectivity index (χ2v) is 10.8. The number of amides is 1. The van der Waals surface area contributed by atoms with E-state index in [2.05, 4.69) is 14.8 Å². The number of rotatable bonds is 7. The number of hydrogen-bond donors (Lipinski definition) is 3. The van der Waals surface area contributed by atoms with Crippen molar-refractivity contribution in [1.29, 1.82) is 0 Å². The highest BCUT2D eigenvalue weighted by atomic mass is 35.5. The van der Waals surface area contributed by atoms with E-state index in [-0.39, 0.29) is 21.2 Å². The molecule has 0 saturated carbocycles. The first-order valence-electron chi connectivity index (χ1n) is 9.22. The van der Waals surface area contributed by atoms with Gasteiger partial charge in [0.2, 0.25) is 10.0 Å². The second kappa shape index (κ2) is 9.19. The zero-order chi connectivity index (χ0) is 23.5. The predicted octanol–water partition coefficient (Wildman–Crippen LogP) is 4.07. The monoisotopic (exact) mass is 493 g/mol. The molecule has 0 aliphatic rings. The third-order valence-electron chi connectivity index (χ3n) is 4.34. The topological polar surface area (TPSA) is 121 Å². The first-order valence-corrected chi connectivity index (χ1v) is 13.0. The summed E-state index contributed by atoms with van der Waals surface area (Å²) in [5.41, 5.74) is 1.81. The van der Waals surface area contributed by atoms with Gasteiger partial charge >= 0.3 is 0 Å². The summed E-state index contributed by atoms with van der Waals surface area (Å²) in [6, 6.07) is 16.7. The summed E-state index contributed by atoms with van der Waals surface area (Å²) in [5.74, 6) is -0.480. The number of nitrogens with one attached hydrogen (secondary N) is 3. The number of carbonyl (C=O) groups excluding carboxylic acids is 1. The van der Waals surface area contributed by atoms with Gasteiger partial charge in [0.1, 0.15) is 0 Å². The Morgan fingerprint density at radius 3 is 2.12 bits per heavy atom. The Morgan fingerprint density at radius 1 is 0.844 bits per heavy atom. The highest BCUT2D eigenvalue weighted by Crippen LogP contribution is 2.25. The minimum atomic E-state index is -3.87. The number of sulfonamides is 2. The van der Waals surface area contributed by atoms with Gasteiger partial charge in [-0.25, -0.2) is 16.8 Å². The van der Waals surface area contributed by atoms with Gasteiger partial charge in [0.25, 0.3) is 15.9 Å². The van der Waals surface area contributed by atoms with Gasteiger partial charge < -0.3 is 5.32 Å². The number of carbonyl (C=O) groups is 1. The lowest BCUT2D eigenvalue weighted by atomic mass is 10.1. The maximum absolute atomic E-state index is 12.6. The van der Waals surface area contributed by atoms with E-state index in [0.717, 1.165) is 6.26 Å². The molecule has 3 N–H and O–H groups in total. The van der Waals surface area contributed by atoms with Crippen LogP contribution in [-0.4, -0.2) is 29.0 Å². The molecule has 3 rings (SSSR count). The fraction of sp³-hybridized carbons (Fsp3) is 0.0952. The van der Waals surface area contributed by atoms with Crippen molar-refractivity contribution in [3.63, 3.8) is 0 Å². The van der Waals surface area contributed by atoms with Crippen molar-refractivity contribution < 1.29 is 21.6 Å². The third kappa shape index (κ3) is 6.00. The van der Waals surface area contributed by atoms with Crippen molar-refractivity contribution >= 4 is 54.6 Å². The fourth-order valence-corrected chi connectivity index (χ4v) is 4.68. The zero-order valence-electron chi connectivity index (χ0n) is 17.1. The Bertz CT molecular complexity index is 1370. The Kier molecular flexibility index (Phi) is 6.77. The molecule has 0 spiro atoms. The molecule has 32 heavy (non-hydrogen) atoms. The van der Waals surface area contributed by atoms with Crippen molar-refractivity contribution in [1.82, 2.24) is 0 Å². The van der Waals surface area contributed by atoms with Crippen molar-refractivity contribution in [3.8, 4) is 0 Å². The number of anilines is 3. The molecule has 1 amide bonds. The minimum Gasteiger partial charge on any atom is -0.322 e. The van der Waals surface area contributed by atoms with E-state index in [1.807, 2.05) is 0 Å². The van der Waals surface area contributed by atoms with Crippen molar-refractivity contribution in [2.24, 2.45) is 0 Å². The number of para-hydroxylation sites is 1. The Morgan fingerprint density at radius 2 is 1.50 bits per heavy atom. The molecular formula is C21H20ClN3O5S2. The summed E-state index contributed by atoms with van der Waals surface area (Å²) in [5, 5.41) is 2.92. The highest BCUT2D eigenvalue weighted by molar-refractivity contribution is 7.92. The van der Waals surface area contributed by atoms with Gasteiger partial charge in [0, 0.05) is 11.3 Å². The molecule has 8 nitrogen and oxygen atoms in total. The Labute approximate surface area is 191 Å². The van der Waals surface area contributed by atoms with Gasteiger partial charge in [-0.3, -0.25) is 14.2 Å². The van der Waals surface area contributed by atoms with Gasteiger partial charge in [-0.05, 0) is 61.0 Å². The van der Waals surface area contributed by atoms with Gasteiger partial charge in [0.05, 0.1) is 27.5 Å². The summed E-state index contributed by atoms with van der Waals surface area (Å²) >= 11 is 6.00. The van der Waals surface area contributed by atoms with Crippen molar-refractivity contribution in [2.75, 3.05) is 21.0 Å². The van der Waals surface area contributed by atoms with Crippen molar-refractivity contribution in [3.05, 3.63) is 82.9 Å². The minimum absolute atomic E-state index is 0.00890. The van der Waals surface area contributed by atoms with Crippen LogP contribution < -0.4 is 14.8 Å². The van der Waals surface area contributed by atoms with Crippen LogP contribution in [0, 0.1) is 6.92 Å². The van der Waals surface area contributed by atoms with E-state index in [1.54, 1.807) is 43.3 Å². The Hall–Kier alpha value is -3.08. The average Bonchev–Trinajstić information content (AvgIpc) is 2.70. The van der Waals surface area contributed by atoms with Crippen LogP contribution in [0.2, 0.25) is 5.02 Å². The van der Waals surface area contributed by atoms with Gasteiger partial charge in [-0.1, -0.05) is 29.8 Å². The van der Waals surface area contributed by atoms with Crippen LogP contribution in [0.5, 0.6) is 0 Å². The van der Waals surface area contributed by atoms with Crippen LogP contribution in [-0.2, 0) is 20.0 Å². The third-order valence-corrected chi connectivity index (χ3v) is 6.64. The molecule has 0 atom stereocenters. The first-order chi connectivity index (χ1) is 14.9. The molecule has 0 fully saturated rings. The number of aryl methyl sites for hydroxylation is 1. The normalized spacial score (nSPS) is 11.6. The molecular weight excluding hydrogens is 474 g/mol. The second-order valence-electron chi connectivity index (χ2n) is 6.97. The standard InChI is InChI=1S/C21H20ClN3O5S2/c1-14-7-8-15(13-20(14)24-31(2,27)28)21(26)23-16-9-11-17(12-10-16)32(29,30)25-19-6-4-3-5-18(19)22/h3-13,24-25H,1-2H3,(H,23,26). The highest BCUT2D eigenvalue weighted by Gasteiger charge is 2.16. The molecule has 0 heterocycles. The number of benzene rings is 3. The van der Waals surface area contributed by atoms with E-state index in [4.69, 9.17) is 11.6 Å².